The monoisotopic (exact) mass is 552 g/mol. The molecule has 2 aromatic carbocycles. The summed E-state index contributed by atoms with van der Waals surface area (Å²) in [6, 6.07) is 12.3. The number of alkyl carbamates (subject to hydrolysis) is 1. The number of ether oxygens (including phenoxy) is 3. The van der Waals surface area contributed by atoms with Gasteiger partial charge in [-0.1, -0.05) is 12.1 Å². The van der Waals surface area contributed by atoms with Crippen molar-refractivity contribution >= 4 is 29.5 Å². The first-order valence-electron chi connectivity index (χ1n) is 13.4. The van der Waals surface area contributed by atoms with E-state index in [-0.39, 0.29) is 18.2 Å². The van der Waals surface area contributed by atoms with Gasteiger partial charge in [0.2, 0.25) is 11.8 Å². The molecule has 1 fully saturated rings. The maximum absolute atomic E-state index is 12.8. The lowest BCUT2D eigenvalue weighted by atomic mass is 10.0. The molecule has 4 amide bonds. The molecule has 1 unspecified atom stereocenters. The molecule has 2 aliphatic rings. The van der Waals surface area contributed by atoms with Crippen LogP contribution in [-0.4, -0.2) is 66.7 Å². The van der Waals surface area contributed by atoms with E-state index < -0.39 is 23.6 Å². The number of piperidine rings is 1. The van der Waals surface area contributed by atoms with Crippen LogP contribution in [0.15, 0.2) is 42.5 Å². The third-order valence-corrected chi connectivity index (χ3v) is 6.33. The lowest BCUT2D eigenvalue weighted by molar-refractivity contribution is -0.136. The third kappa shape index (κ3) is 7.95. The summed E-state index contributed by atoms with van der Waals surface area (Å²) in [7, 11) is 0. The molecule has 0 radical (unpaired) electrons. The summed E-state index contributed by atoms with van der Waals surface area (Å²) in [6.07, 6.45) is 0.102. The number of rotatable bonds is 11. The van der Waals surface area contributed by atoms with Gasteiger partial charge in [-0.2, -0.15) is 0 Å². The minimum atomic E-state index is -0.624. The van der Waals surface area contributed by atoms with Crippen LogP contribution in [-0.2, 0) is 32.2 Å². The average molecular weight is 553 g/mol. The fourth-order valence-electron chi connectivity index (χ4n) is 4.51. The Morgan fingerprint density at radius 1 is 1.07 bits per heavy atom. The Kier molecular flexibility index (Phi) is 9.26. The van der Waals surface area contributed by atoms with E-state index in [1.807, 2.05) is 57.2 Å². The lowest BCUT2D eigenvalue weighted by Gasteiger charge is -2.29. The van der Waals surface area contributed by atoms with Gasteiger partial charge in [-0.05, 0) is 68.7 Å². The molecule has 0 aromatic heterocycles. The van der Waals surface area contributed by atoms with Crippen LogP contribution >= 0.6 is 0 Å². The van der Waals surface area contributed by atoms with E-state index in [9.17, 15) is 19.2 Å². The summed E-state index contributed by atoms with van der Waals surface area (Å²) >= 11 is 0. The van der Waals surface area contributed by atoms with E-state index >= 15 is 0 Å². The zero-order valence-electron chi connectivity index (χ0n) is 23.1. The SMILES string of the molecule is CC(C)(C)OC(=O)NCc1cccc(OCCOCCNc2ccc3c(c2)CN(C2CCC(=O)NC2=O)C3=O)c1. The fourth-order valence-corrected chi connectivity index (χ4v) is 4.51. The van der Waals surface area contributed by atoms with Crippen molar-refractivity contribution in [3.05, 3.63) is 59.2 Å². The van der Waals surface area contributed by atoms with E-state index in [1.165, 1.54) is 4.90 Å². The number of fused-ring (bicyclic) bond motifs is 1. The second-order valence-electron chi connectivity index (χ2n) is 10.7. The van der Waals surface area contributed by atoms with Gasteiger partial charge in [0.1, 0.15) is 24.0 Å². The van der Waals surface area contributed by atoms with E-state index in [4.69, 9.17) is 14.2 Å². The van der Waals surface area contributed by atoms with Gasteiger partial charge in [-0.15, -0.1) is 0 Å². The van der Waals surface area contributed by atoms with Crippen molar-refractivity contribution in [1.82, 2.24) is 15.5 Å². The molecule has 0 saturated carbocycles. The normalized spacial score (nSPS) is 16.8. The first-order chi connectivity index (χ1) is 19.1. The molecule has 40 heavy (non-hydrogen) atoms. The van der Waals surface area contributed by atoms with Crippen molar-refractivity contribution in [2.75, 3.05) is 31.7 Å². The molecule has 0 spiro atoms. The summed E-state index contributed by atoms with van der Waals surface area (Å²) in [4.78, 5) is 49.8. The van der Waals surface area contributed by atoms with Gasteiger partial charge < -0.3 is 29.7 Å². The van der Waals surface area contributed by atoms with Crippen molar-refractivity contribution in [3.63, 3.8) is 0 Å². The number of nitrogens with zero attached hydrogens (tertiary/aromatic N) is 1. The van der Waals surface area contributed by atoms with Crippen LogP contribution in [0, 0.1) is 0 Å². The number of hydrogen-bond donors (Lipinski definition) is 3. The maximum atomic E-state index is 12.8. The smallest absolute Gasteiger partial charge is 0.407 e. The van der Waals surface area contributed by atoms with Crippen LogP contribution in [0.1, 0.15) is 55.1 Å². The third-order valence-electron chi connectivity index (χ3n) is 6.33. The van der Waals surface area contributed by atoms with Crippen LogP contribution in [0.5, 0.6) is 5.75 Å². The molecule has 1 atom stereocenters. The highest BCUT2D eigenvalue weighted by molar-refractivity contribution is 6.05. The Morgan fingerprint density at radius 2 is 1.90 bits per heavy atom. The standard InChI is InChI=1S/C29H36N4O7/c1-29(2,3)40-28(37)31-17-19-5-4-6-22(15-19)39-14-13-38-12-11-30-21-7-8-23-20(16-21)18-33(27(23)36)24-9-10-25(34)32-26(24)35/h4-8,15-16,24,30H,9-14,17-18H2,1-3H3,(H,31,37)(H,32,34,35). The number of carbonyl (C=O) groups excluding carboxylic acids is 4. The minimum Gasteiger partial charge on any atom is -0.491 e. The number of benzene rings is 2. The van der Waals surface area contributed by atoms with Gasteiger partial charge in [0.25, 0.3) is 5.91 Å². The highest BCUT2D eigenvalue weighted by Gasteiger charge is 2.39. The first-order valence-corrected chi connectivity index (χ1v) is 13.4. The molecule has 0 bridgehead atoms. The van der Waals surface area contributed by atoms with Crippen molar-refractivity contribution in [2.45, 2.75) is 58.3 Å². The first kappa shape index (κ1) is 28.9. The van der Waals surface area contributed by atoms with Gasteiger partial charge in [0.15, 0.2) is 0 Å². The van der Waals surface area contributed by atoms with Crippen molar-refractivity contribution < 1.29 is 33.4 Å². The highest BCUT2D eigenvalue weighted by atomic mass is 16.6. The lowest BCUT2D eigenvalue weighted by Crippen LogP contribution is -2.52. The largest absolute Gasteiger partial charge is 0.491 e. The average Bonchev–Trinajstić information content (AvgIpc) is 3.21. The molecule has 4 rings (SSSR count). The number of imide groups is 1. The second-order valence-corrected chi connectivity index (χ2v) is 10.7. The van der Waals surface area contributed by atoms with Crippen LogP contribution in [0.25, 0.3) is 0 Å². The summed E-state index contributed by atoms with van der Waals surface area (Å²) in [5, 5.41) is 8.33. The topological polar surface area (TPSA) is 135 Å². The van der Waals surface area contributed by atoms with E-state index in [2.05, 4.69) is 16.0 Å². The van der Waals surface area contributed by atoms with Gasteiger partial charge in [-0.25, -0.2) is 4.79 Å². The predicted molar refractivity (Wildman–Crippen MR) is 147 cm³/mol. The summed E-state index contributed by atoms with van der Waals surface area (Å²) in [5.74, 6) is -0.224. The van der Waals surface area contributed by atoms with Gasteiger partial charge in [0, 0.05) is 37.3 Å². The molecule has 2 aromatic rings. The zero-order chi connectivity index (χ0) is 28.7. The maximum Gasteiger partial charge on any atom is 0.407 e. The molecule has 2 heterocycles. The molecule has 3 N–H and O–H groups in total. The molecule has 214 valence electrons. The van der Waals surface area contributed by atoms with Crippen molar-refractivity contribution in [2.24, 2.45) is 0 Å². The molecule has 11 heteroatoms. The van der Waals surface area contributed by atoms with Crippen LogP contribution < -0.4 is 20.7 Å². The fraction of sp³-hybridized carbons (Fsp3) is 0.448. The van der Waals surface area contributed by atoms with Gasteiger partial charge in [0.05, 0.1) is 13.2 Å². The van der Waals surface area contributed by atoms with Crippen molar-refractivity contribution in [3.8, 4) is 5.75 Å². The Hall–Kier alpha value is -4.12. The number of hydrogen-bond acceptors (Lipinski definition) is 8. The molecule has 0 aliphatic carbocycles. The van der Waals surface area contributed by atoms with Crippen LogP contribution in [0.2, 0.25) is 0 Å². The summed E-state index contributed by atoms with van der Waals surface area (Å²) in [5.41, 5.74) is 2.62. The highest BCUT2D eigenvalue weighted by Crippen LogP contribution is 2.29. The Bertz CT molecular complexity index is 1260. The Balaban J connectivity index is 1.13. The van der Waals surface area contributed by atoms with E-state index in [0.717, 1.165) is 16.8 Å². The molecule has 2 aliphatic heterocycles. The number of amides is 4. The molecular weight excluding hydrogens is 516 g/mol. The predicted octanol–water partition coefficient (Wildman–Crippen LogP) is 2.98. The van der Waals surface area contributed by atoms with Gasteiger partial charge >= 0.3 is 6.09 Å². The quantitative estimate of drug-likeness (QED) is 0.286. The molecule has 11 nitrogen and oxygen atoms in total. The Morgan fingerprint density at radius 3 is 2.67 bits per heavy atom. The van der Waals surface area contributed by atoms with Crippen LogP contribution in [0.4, 0.5) is 10.5 Å². The number of carbonyl (C=O) groups is 4. The summed E-state index contributed by atoms with van der Waals surface area (Å²) in [6.45, 7) is 7.92. The zero-order valence-corrected chi connectivity index (χ0v) is 23.1. The van der Waals surface area contributed by atoms with E-state index in [1.54, 1.807) is 6.07 Å². The van der Waals surface area contributed by atoms with Gasteiger partial charge in [-0.3, -0.25) is 19.7 Å². The second kappa shape index (κ2) is 12.8. The number of anilines is 1. The summed E-state index contributed by atoms with van der Waals surface area (Å²) < 4.78 is 16.7. The Labute approximate surface area is 233 Å². The van der Waals surface area contributed by atoms with Crippen molar-refractivity contribution in [1.29, 1.82) is 0 Å². The molecule has 1 saturated heterocycles. The van der Waals surface area contributed by atoms with Crippen LogP contribution in [0.3, 0.4) is 0 Å². The minimum absolute atomic E-state index is 0.191. The van der Waals surface area contributed by atoms with E-state index in [0.29, 0.717) is 57.2 Å². The molecular formula is C29H36N4O7. The number of nitrogens with one attached hydrogen (secondary N) is 3.